The average Bonchev–Trinajstić information content (AvgIpc) is 2.23. The molecule has 0 spiro atoms. The van der Waals surface area contributed by atoms with Gasteiger partial charge >= 0.3 is 0 Å². The molecule has 0 aromatic heterocycles. The van der Waals surface area contributed by atoms with Gasteiger partial charge in [0.25, 0.3) is 0 Å². The van der Waals surface area contributed by atoms with E-state index in [0.717, 1.165) is 0 Å². The van der Waals surface area contributed by atoms with E-state index >= 15 is 0 Å². The lowest BCUT2D eigenvalue weighted by molar-refractivity contribution is -0.118. The molecule has 0 aliphatic heterocycles. The van der Waals surface area contributed by atoms with Gasteiger partial charge in [-0.3, -0.25) is 4.79 Å². The third-order valence-corrected chi connectivity index (χ3v) is 2.52. The average molecular weight is 245 g/mol. The molecule has 5 heteroatoms. The lowest BCUT2D eigenvalue weighted by atomic mass is 10.0. The molecule has 0 bridgehead atoms. The summed E-state index contributed by atoms with van der Waals surface area (Å²) in [6, 6.07) is 3.74. The summed E-state index contributed by atoms with van der Waals surface area (Å²) in [5.74, 6) is -1.08. The first kappa shape index (κ1) is 12.9. The molecule has 0 aliphatic rings. The molecule has 1 rings (SSSR count). The molecule has 0 heterocycles. The van der Waals surface area contributed by atoms with E-state index in [0.29, 0.717) is 0 Å². The van der Waals surface area contributed by atoms with Gasteiger partial charge in [0.15, 0.2) is 5.82 Å². The molecule has 88 valence electrons. The number of nitrogens with one attached hydrogen (secondary N) is 1. The molecule has 1 aromatic carbocycles. The van der Waals surface area contributed by atoms with E-state index in [2.05, 4.69) is 5.32 Å². The Morgan fingerprint density at radius 2 is 2.12 bits per heavy atom. The number of benzene rings is 1. The van der Waals surface area contributed by atoms with Crippen molar-refractivity contribution in [3.8, 4) is 0 Å². The number of nitrogens with two attached hydrogens (primary N) is 1. The Hall–Kier alpha value is -1.13. The van der Waals surface area contributed by atoms with Crippen molar-refractivity contribution in [2.24, 2.45) is 11.7 Å². The van der Waals surface area contributed by atoms with Crippen LogP contribution in [0, 0.1) is 11.7 Å². The highest BCUT2D eigenvalue weighted by Crippen LogP contribution is 2.22. The first-order chi connectivity index (χ1) is 7.43. The minimum atomic E-state index is -0.668. The molecule has 3 N–H and O–H groups in total. The van der Waals surface area contributed by atoms with Crippen LogP contribution in [0.15, 0.2) is 18.2 Å². The van der Waals surface area contributed by atoms with Crippen LogP contribution in [-0.4, -0.2) is 11.9 Å². The number of rotatable bonds is 3. The van der Waals surface area contributed by atoms with Crippen LogP contribution in [0.2, 0.25) is 5.02 Å². The Balaban J connectivity index is 2.81. The third-order valence-electron chi connectivity index (χ3n) is 2.23. The van der Waals surface area contributed by atoms with E-state index in [-0.39, 0.29) is 16.6 Å². The number of halogens is 2. The van der Waals surface area contributed by atoms with Gasteiger partial charge in [-0.2, -0.15) is 0 Å². The van der Waals surface area contributed by atoms with E-state index in [9.17, 15) is 9.18 Å². The Labute approximate surface area is 98.8 Å². The molecule has 1 aromatic rings. The topological polar surface area (TPSA) is 55.1 Å². The normalized spacial score (nSPS) is 12.6. The van der Waals surface area contributed by atoms with Crippen LogP contribution >= 0.6 is 11.6 Å². The molecule has 0 aliphatic carbocycles. The molecule has 0 saturated heterocycles. The highest BCUT2D eigenvalue weighted by atomic mass is 35.5. The molecular formula is C11H14ClFN2O. The lowest BCUT2D eigenvalue weighted by Gasteiger charge is -2.15. The number of amides is 1. The van der Waals surface area contributed by atoms with Crippen LogP contribution in [0.5, 0.6) is 0 Å². The van der Waals surface area contributed by atoms with Crippen LogP contribution in [0.1, 0.15) is 13.8 Å². The Kier molecular flexibility index (Phi) is 4.26. The zero-order valence-electron chi connectivity index (χ0n) is 9.13. The zero-order chi connectivity index (χ0) is 12.3. The van der Waals surface area contributed by atoms with Crippen molar-refractivity contribution in [3.05, 3.63) is 29.0 Å². The van der Waals surface area contributed by atoms with Gasteiger partial charge in [-0.25, -0.2) is 4.39 Å². The fourth-order valence-electron chi connectivity index (χ4n) is 1.12. The summed E-state index contributed by atoms with van der Waals surface area (Å²) in [5.41, 5.74) is 5.68. The van der Waals surface area contributed by atoms with Gasteiger partial charge in [0.05, 0.1) is 16.8 Å². The van der Waals surface area contributed by atoms with Crippen molar-refractivity contribution >= 4 is 23.2 Å². The molecule has 1 atom stereocenters. The second-order valence-electron chi connectivity index (χ2n) is 3.86. The van der Waals surface area contributed by atoms with E-state index < -0.39 is 17.8 Å². The zero-order valence-corrected chi connectivity index (χ0v) is 9.88. The lowest BCUT2D eigenvalue weighted by Crippen LogP contribution is -2.39. The van der Waals surface area contributed by atoms with E-state index in [1.807, 2.05) is 13.8 Å². The quantitative estimate of drug-likeness (QED) is 0.858. The smallest absolute Gasteiger partial charge is 0.241 e. The highest BCUT2D eigenvalue weighted by molar-refractivity contribution is 6.31. The summed E-state index contributed by atoms with van der Waals surface area (Å²) in [6.07, 6.45) is 0. The number of anilines is 1. The number of carbonyl (C=O) groups is 1. The predicted molar refractivity (Wildman–Crippen MR) is 62.9 cm³/mol. The van der Waals surface area contributed by atoms with Crippen molar-refractivity contribution < 1.29 is 9.18 Å². The maximum atomic E-state index is 13.4. The van der Waals surface area contributed by atoms with E-state index in [4.69, 9.17) is 17.3 Å². The van der Waals surface area contributed by atoms with Crippen LogP contribution in [-0.2, 0) is 4.79 Å². The van der Waals surface area contributed by atoms with Crippen molar-refractivity contribution in [2.75, 3.05) is 5.32 Å². The van der Waals surface area contributed by atoms with Crippen LogP contribution in [0.25, 0.3) is 0 Å². The van der Waals surface area contributed by atoms with Crippen LogP contribution < -0.4 is 11.1 Å². The second-order valence-corrected chi connectivity index (χ2v) is 4.27. The molecule has 0 fully saturated rings. The molecule has 1 amide bonds. The first-order valence-corrected chi connectivity index (χ1v) is 5.31. The Morgan fingerprint density at radius 3 is 2.69 bits per heavy atom. The number of carbonyl (C=O) groups excluding carboxylic acids is 1. The Morgan fingerprint density at radius 1 is 1.50 bits per heavy atom. The largest absolute Gasteiger partial charge is 0.322 e. The molecule has 16 heavy (non-hydrogen) atoms. The molecule has 0 unspecified atom stereocenters. The summed E-state index contributed by atoms with van der Waals surface area (Å²) in [6.45, 7) is 3.64. The van der Waals surface area contributed by atoms with Gasteiger partial charge in [0.2, 0.25) is 5.91 Å². The maximum absolute atomic E-state index is 13.4. The SMILES string of the molecule is CC(C)[C@@H](N)C(=O)Nc1cccc(Cl)c1F. The standard InChI is InChI=1S/C11H14ClFN2O/c1-6(2)10(14)11(16)15-8-5-3-4-7(12)9(8)13/h3-6,10H,14H2,1-2H3,(H,15,16)/t10-/m1/s1. The summed E-state index contributed by atoms with van der Waals surface area (Å²) in [4.78, 5) is 11.6. The first-order valence-electron chi connectivity index (χ1n) is 4.94. The summed E-state index contributed by atoms with van der Waals surface area (Å²) < 4.78 is 13.4. The van der Waals surface area contributed by atoms with Crippen molar-refractivity contribution in [3.63, 3.8) is 0 Å². The van der Waals surface area contributed by atoms with Gasteiger partial charge in [-0.15, -0.1) is 0 Å². The van der Waals surface area contributed by atoms with Gasteiger partial charge < -0.3 is 11.1 Å². The summed E-state index contributed by atoms with van der Waals surface area (Å²) in [5, 5.41) is 2.38. The molecule has 0 saturated carbocycles. The van der Waals surface area contributed by atoms with Gasteiger partial charge in [0.1, 0.15) is 0 Å². The predicted octanol–water partition coefficient (Wildman–Crippen LogP) is 2.40. The molecule has 0 radical (unpaired) electrons. The second kappa shape index (κ2) is 5.27. The third kappa shape index (κ3) is 2.93. The van der Waals surface area contributed by atoms with Crippen molar-refractivity contribution in [1.82, 2.24) is 0 Å². The van der Waals surface area contributed by atoms with Gasteiger partial charge in [0, 0.05) is 0 Å². The summed E-state index contributed by atoms with van der Waals surface area (Å²) >= 11 is 5.58. The monoisotopic (exact) mass is 244 g/mol. The minimum absolute atomic E-state index is 0.0118. The minimum Gasteiger partial charge on any atom is -0.322 e. The number of hydrogen-bond donors (Lipinski definition) is 2. The van der Waals surface area contributed by atoms with Crippen LogP contribution in [0.3, 0.4) is 0 Å². The van der Waals surface area contributed by atoms with E-state index in [1.54, 1.807) is 6.07 Å². The van der Waals surface area contributed by atoms with Gasteiger partial charge in [-0.1, -0.05) is 31.5 Å². The summed E-state index contributed by atoms with van der Waals surface area (Å²) in [7, 11) is 0. The molecular weight excluding hydrogens is 231 g/mol. The fourth-order valence-corrected chi connectivity index (χ4v) is 1.29. The maximum Gasteiger partial charge on any atom is 0.241 e. The van der Waals surface area contributed by atoms with Gasteiger partial charge in [-0.05, 0) is 18.1 Å². The van der Waals surface area contributed by atoms with Crippen LogP contribution in [0.4, 0.5) is 10.1 Å². The van der Waals surface area contributed by atoms with Crippen molar-refractivity contribution in [1.29, 1.82) is 0 Å². The highest BCUT2D eigenvalue weighted by Gasteiger charge is 2.18. The number of hydrogen-bond acceptors (Lipinski definition) is 2. The molecule has 3 nitrogen and oxygen atoms in total. The Bertz CT molecular complexity index is 396. The fraction of sp³-hybridized carbons (Fsp3) is 0.364. The van der Waals surface area contributed by atoms with E-state index in [1.165, 1.54) is 12.1 Å². The van der Waals surface area contributed by atoms with Crippen molar-refractivity contribution in [2.45, 2.75) is 19.9 Å².